The maximum atomic E-state index is 13.2. The lowest BCUT2D eigenvalue weighted by Gasteiger charge is -2.30. The van der Waals surface area contributed by atoms with Gasteiger partial charge in [0.15, 0.2) is 0 Å². The molecule has 0 spiro atoms. The molecule has 0 radical (unpaired) electrons. The summed E-state index contributed by atoms with van der Waals surface area (Å²) >= 11 is 0. The maximum absolute atomic E-state index is 13.2. The first-order chi connectivity index (χ1) is 13.0. The molecule has 2 aromatic rings. The average Bonchev–Trinajstić information content (AvgIpc) is 2.93. The van der Waals surface area contributed by atoms with Crippen molar-refractivity contribution in [1.29, 1.82) is 0 Å². The molecule has 0 N–H and O–H groups in total. The Labute approximate surface area is 167 Å². The summed E-state index contributed by atoms with van der Waals surface area (Å²) in [5, 5.41) is 4.11. The fourth-order valence-corrected chi connectivity index (χ4v) is 7.14. The van der Waals surface area contributed by atoms with E-state index in [1.165, 1.54) is 17.3 Å². The van der Waals surface area contributed by atoms with Crippen LogP contribution in [0.1, 0.15) is 42.3 Å². The van der Waals surface area contributed by atoms with Gasteiger partial charge < -0.3 is 0 Å². The van der Waals surface area contributed by atoms with Crippen molar-refractivity contribution < 1.29 is 16.8 Å². The summed E-state index contributed by atoms with van der Waals surface area (Å²) in [4.78, 5) is 0.0887. The van der Waals surface area contributed by atoms with E-state index < -0.39 is 20.0 Å². The first-order valence-corrected chi connectivity index (χ1v) is 12.2. The standard InChI is InChI=1S/C19H27N3O4S2/c1-13-7-6-10-21(12-13)28(25,26)19-16(4)20-22(17(19)5)27(23,24)18-9-8-14(2)15(3)11-18/h8-9,11,13H,6-7,10,12H2,1-5H3/t13-/m0/s1. The summed E-state index contributed by atoms with van der Waals surface area (Å²) in [6, 6.07) is 4.84. The number of benzene rings is 1. The molecule has 1 aliphatic heterocycles. The van der Waals surface area contributed by atoms with E-state index in [4.69, 9.17) is 0 Å². The number of sulfonamides is 1. The zero-order valence-electron chi connectivity index (χ0n) is 16.9. The molecule has 0 amide bonds. The van der Waals surface area contributed by atoms with Crippen LogP contribution >= 0.6 is 0 Å². The van der Waals surface area contributed by atoms with Crippen LogP contribution < -0.4 is 0 Å². The molecule has 1 saturated heterocycles. The maximum Gasteiger partial charge on any atom is 0.283 e. The molecular formula is C19H27N3O4S2. The van der Waals surface area contributed by atoms with E-state index in [0.717, 1.165) is 28.1 Å². The predicted molar refractivity (Wildman–Crippen MR) is 107 cm³/mol. The Morgan fingerprint density at radius 3 is 2.29 bits per heavy atom. The highest BCUT2D eigenvalue weighted by Gasteiger charge is 2.35. The van der Waals surface area contributed by atoms with Crippen molar-refractivity contribution in [2.24, 2.45) is 5.92 Å². The lowest BCUT2D eigenvalue weighted by Crippen LogP contribution is -2.39. The van der Waals surface area contributed by atoms with Crippen LogP contribution in [0.3, 0.4) is 0 Å². The van der Waals surface area contributed by atoms with Crippen LogP contribution in [0.4, 0.5) is 0 Å². The van der Waals surface area contributed by atoms with E-state index in [2.05, 4.69) is 5.10 Å². The molecule has 28 heavy (non-hydrogen) atoms. The molecular weight excluding hydrogens is 398 g/mol. The second-order valence-corrected chi connectivity index (χ2v) is 11.3. The zero-order chi connectivity index (χ0) is 20.9. The third-order valence-electron chi connectivity index (χ3n) is 5.41. The third kappa shape index (κ3) is 3.51. The largest absolute Gasteiger partial charge is 0.283 e. The van der Waals surface area contributed by atoms with Crippen molar-refractivity contribution >= 4 is 20.0 Å². The third-order valence-corrected chi connectivity index (χ3v) is 9.19. The number of aryl methyl sites for hydroxylation is 3. The van der Waals surface area contributed by atoms with Crippen molar-refractivity contribution in [3.8, 4) is 0 Å². The second-order valence-electron chi connectivity index (χ2n) is 7.70. The molecule has 154 valence electrons. The molecule has 1 aromatic heterocycles. The molecule has 1 atom stereocenters. The minimum absolute atomic E-state index is 0.00555. The molecule has 9 heteroatoms. The predicted octanol–water partition coefficient (Wildman–Crippen LogP) is 2.77. The van der Waals surface area contributed by atoms with Crippen molar-refractivity contribution in [3.05, 3.63) is 40.7 Å². The van der Waals surface area contributed by atoms with Gasteiger partial charge in [-0.05, 0) is 69.7 Å². The van der Waals surface area contributed by atoms with Crippen LogP contribution in [0.5, 0.6) is 0 Å². The molecule has 0 aliphatic carbocycles. The molecule has 1 aliphatic rings. The minimum Gasteiger partial charge on any atom is -0.207 e. The normalized spacial score (nSPS) is 19.1. The summed E-state index contributed by atoms with van der Waals surface area (Å²) in [6.45, 7) is 9.69. The van der Waals surface area contributed by atoms with Crippen LogP contribution in [-0.2, 0) is 20.0 Å². The van der Waals surface area contributed by atoms with Crippen molar-refractivity contribution in [2.45, 2.75) is 57.3 Å². The van der Waals surface area contributed by atoms with Gasteiger partial charge in [-0.3, -0.25) is 0 Å². The zero-order valence-corrected chi connectivity index (χ0v) is 18.6. The second kappa shape index (κ2) is 7.27. The molecule has 0 saturated carbocycles. The number of nitrogens with zero attached hydrogens (tertiary/aromatic N) is 3. The van der Waals surface area contributed by atoms with Crippen LogP contribution in [0, 0.1) is 33.6 Å². The van der Waals surface area contributed by atoms with E-state index in [9.17, 15) is 16.8 Å². The first-order valence-electron chi connectivity index (χ1n) is 9.35. The van der Waals surface area contributed by atoms with E-state index in [-0.39, 0.29) is 27.1 Å². The molecule has 2 heterocycles. The number of aromatic nitrogens is 2. The highest BCUT2D eigenvalue weighted by molar-refractivity contribution is 7.90. The molecule has 1 aromatic carbocycles. The van der Waals surface area contributed by atoms with Gasteiger partial charge in [-0.15, -0.1) is 0 Å². The van der Waals surface area contributed by atoms with Crippen LogP contribution in [0.25, 0.3) is 0 Å². The van der Waals surface area contributed by atoms with Gasteiger partial charge in [0.1, 0.15) is 4.90 Å². The van der Waals surface area contributed by atoms with Crippen LogP contribution in [0.15, 0.2) is 28.0 Å². The summed E-state index contributed by atoms with van der Waals surface area (Å²) in [7, 11) is -7.80. The minimum atomic E-state index is -3.99. The first kappa shape index (κ1) is 21.0. The lowest BCUT2D eigenvalue weighted by atomic mass is 10.0. The molecule has 3 rings (SSSR count). The molecule has 7 nitrogen and oxygen atoms in total. The number of rotatable bonds is 4. The highest BCUT2D eigenvalue weighted by Crippen LogP contribution is 2.29. The number of hydrogen-bond donors (Lipinski definition) is 0. The number of hydrogen-bond acceptors (Lipinski definition) is 5. The van der Waals surface area contributed by atoms with E-state index >= 15 is 0 Å². The van der Waals surface area contributed by atoms with Gasteiger partial charge in [-0.1, -0.05) is 13.0 Å². The Morgan fingerprint density at radius 1 is 1.00 bits per heavy atom. The van der Waals surface area contributed by atoms with Crippen molar-refractivity contribution in [3.63, 3.8) is 0 Å². The summed E-state index contributed by atoms with van der Waals surface area (Å²) in [6.07, 6.45) is 1.79. The quantitative estimate of drug-likeness (QED) is 0.751. The Balaban J connectivity index is 2.10. The lowest BCUT2D eigenvalue weighted by molar-refractivity contribution is 0.281. The Morgan fingerprint density at radius 2 is 1.68 bits per heavy atom. The van der Waals surface area contributed by atoms with Crippen molar-refractivity contribution in [1.82, 2.24) is 13.5 Å². The fraction of sp³-hybridized carbons (Fsp3) is 0.526. The Hall–Kier alpha value is -1.71. The molecule has 0 unspecified atom stereocenters. The Bertz CT molecular complexity index is 1120. The van der Waals surface area contributed by atoms with Gasteiger partial charge in [0, 0.05) is 13.1 Å². The van der Waals surface area contributed by atoms with E-state index in [1.807, 2.05) is 20.8 Å². The average molecular weight is 426 g/mol. The van der Waals surface area contributed by atoms with Gasteiger partial charge in [-0.25, -0.2) is 8.42 Å². The van der Waals surface area contributed by atoms with Crippen LogP contribution in [-0.4, -0.2) is 43.4 Å². The van der Waals surface area contributed by atoms with Crippen LogP contribution in [0.2, 0.25) is 0 Å². The summed E-state index contributed by atoms with van der Waals surface area (Å²) in [5.41, 5.74) is 2.14. The van der Waals surface area contributed by atoms with Gasteiger partial charge in [0.2, 0.25) is 10.0 Å². The Kier molecular flexibility index (Phi) is 5.46. The van der Waals surface area contributed by atoms with Crippen molar-refractivity contribution in [2.75, 3.05) is 13.1 Å². The van der Waals surface area contributed by atoms with Gasteiger partial charge in [-0.2, -0.15) is 21.9 Å². The molecule has 0 bridgehead atoms. The smallest absolute Gasteiger partial charge is 0.207 e. The fourth-order valence-electron chi connectivity index (χ4n) is 3.68. The van der Waals surface area contributed by atoms with Gasteiger partial charge >= 0.3 is 0 Å². The SMILES string of the molecule is Cc1ccc(S(=O)(=O)n2nc(C)c(S(=O)(=O)N3CCC[C@H](C)C3)c2C)cc1C. The van der Waals surface area contributed by atoms with Gasteiger partial charge in [0.05, 0.1) is 16.3 Å². The monoisotopic (exact) mass is 425 g/mol. The van der Waals surface area contributed by atoms with E-state index in [1.54, 1.807) is 19.1 Å². The summed E-state index contributed by atoms with van der Waals surface area (Å²) < 4.78 is 55.0. The topological polar surface area (TPSA) is 89.3 Å². The summed E-state index contributed by atoms with van der Waals surface area (Å²) in [5.74, 6) is 0.276. The molecule has 1 fully saturated rings. The number of piperidine rings is 1. The van der Waals surface area contributed by atoms with E-state index in [0.29, 0.717) is 13.1 Å². The highest BCUT2D eigenvalue weighted by atomic mass is 32.2. The van der Waals surface area contributed by atoms with Gasteiger partial charge in [0.25, 0.3) is 10.0 Å².